The third kappa shape index (κ3) is 1.34. The van der Waals surface area contributed by atoms with Gasteiger partial charge in [0.1, 0.15) is 5.15 Å². The first-order valence-electron chi connectivity index (χ1n) is 5.19. The van der Waals surface area contributed by atoms with E-state index in [9.17, 15) is 0 Å². The highest BCUT2D eigenvalue weighted by atomic mass is 35.5. The average Bonchev–Trinajstić information content (AvgIpc) is 2.99. The van der Waals surface area contributed by atoms with Gasteiger partial charge in [0, 0.05) is 17.2 Å². The van der Waals surface area contributed by atoms with Crippen molar-refractivity contribution in [3.63, 3.8) is 0 Å². The monoisotopic (exact) mass is 221 g/mol. The molecule has 78 valence electrons. The zero-order valence-electron chi connectivity index (χ0n) is 8.79. The van der Waals surface area contributed by atoms with E-state index in [0.29, 0.717) is 11.1 Å². The fourth-order valence-electron chi connectivity index (χ4n) is 1.80. The number of fused-ring (bicyclic) bond motifs is 1. The van der Waals surface area contributed by atoms with E-state index in [1.165, 1.54) is 12.8 Å². The van der Waals surface area contributed by atoms with Gasteiger partial charge < -0.3 is 0 Å². The Kier molecular flexibility index (Phi) is 1.80. The number of halogens is 1. The van der Waals surface area contributed by atoms with Gasteiger partial charge in [0.05, 0.1) is 5.69 Å². The fourth-order valence-corrected chi connectivity index (χ4v) is 2.03. The molecular formula is C11H12ClN3. The zero-order chi connectivity index (χ0) is 10.6. The Morgan fingerprint density at radius 3 is 2.80 bits per heavy atom. The molecule has 1 saturated carbocycles. The Morgan fingerprint density at radius 1 is 1.40 bits per heavy atom. The summed E-state index contributed by atoms with van der Waals surface area (Å²) in [4.78, 5) is 4.63. The van der Waals surface area contributed by atoms with Gasteiger partial charge in [0.2, 0.25) is 0 Å². The van der Waals surface area contributed by atoms with Crippen LogP contribution in [0.2, 0.25) is 5.15 Å². The number of hydrogen-bond acceptors (Lipinski definition) is 2. The van der Waals surface area contributed by atoms with Crippen molar-refractivity contribution in [3.8, 4) is 0 Å². The number of nitrogens with zero attached hydrogens (tertiary/aromatic N) is 3. The Morgan fingerprint density at radius 2 is 2.13 bits per heavy atom. The molecule has 3 nitrogen and oxygen atoms in total. The molecule has 0 N–H and O–H groups in total. The molecule has 2 heterocycles. The second-order valence-corrected chi connectivity index (χ2v) is 4.61. The largest absolute Gasteiger partial charge is 0.233 e. The SMILES string of the molecule is Cc1nn2c(Cl)cc(C3CC3)nc2c1C. The summed E-state index contributed by atoms with van der Waals surface area (Å²) in [5, 5.41) is 5.02. The first-order chi connectivity index (χ1) is 7.16. The minimum absolute atomic E-state index is 0.627. The van der Waals surface area contributed by atoms with Crippen molar-refractivity contribution in [2.45, 2.75) is 32.6 Å². The molecular weight excluding hydrogens is 210 g/mol. The third-order valence-electron chi connectivity index (χ3n) is 3.03. The first-order valence-corrected chi connectivity index (χ1v) is 5.57. The smallest absolute Gasteiger partial charge is 0.160 e. The fraction of sp³-hybridized carbons (Fsp3) is 0.455. The standard InChI is InChI=1S/C11H12ClN3/c1-6-7(2)14-15-10(12)5-9(8-3-4-8)13-11(6)15/h5,8H,3-4H2,1-2H3. The van der Waals surface area contributed by atoms with Gasteiger partial charge in [-0.2, -0.15) is 5.10 Å². The van der Waals surface area contributed by atoms with Gasteiger partial charge in [-0.15, -0.1) is 0 Å². The van der Waals surface area contributed by atoms with E-state index in [2.05, 4.69) is 10.1 Å². The summed E-state index contributed by atoms with van der Waals surface area (Å²) in [5.74, 6) is 0.627. The second kappa shape index (κ2) is 2.95. The molecule has 4 heteroatoms. The topological polar surface area (TPSA) is 30.2 Å². The molecule has 0 aromatic carbocycles. The molecule has 15 heavy (non-hydrogen) atoms. The second-order valence-electron chi connectivity index (χ2n) is 4.22. The van der Waals surface area contributed by atoms with Gasteiger partial charge in [-0.1, -0.05) is 11.6 Å². The molecule has 2 aromatic rings. The zero-order valence-corrected chi connectivity index (χ0v) is 9.54. The van der Waals surface area contributed by atoms with Crippen LogP contribution in [0, 0.1) is 13.8 Å². The van der Waals surface area contributed by atoms with Crippen LogP contribution in [-0.4, -0.2) is 14.6 Å². The average molecular weight is 222 g/mol. The Bertz CT molecular complexity index is 540. The number of rotatable bonds is 1. The lowest BCUT2D eigenvalue weighted by Crippen LogP contribution is -1.96. The van der Waals surface area contributed by atoms with Crippen molar-refractivity contribution in [1.82, 2.24) is 14.6 Å². The van der Waals surface area contributed by atoms with Gasteiger partial charge in [-0.05, 0) is 32.8 Å². The Hall–Kier alpha value is -1.09. The van der Waals surface area contributed by atoms with Crippen molar-refractivity contribution < 1.29 is 0 Å². The predicted molar refractivity (Wildman–Crippen MR) is 59.4 cm³/mol. The molecule has 0 bridgehead atoms. The molecule has 1 aliphatic rings. The lowest BCUT2D eigenvalue weighted by molar-refractivity contribution is 0.894. The lowest BCUT2D eigenvalue weighted by atomic mass is 10.2. The minimum atomic E-state index is 0.627. The minimum Gasteiger partial charge on any atom is -0.233 e. The number of hydrogen-bond donors (Lipinski definition) is 0. The number of aromatic nitrogens is 3. The van der Waals surface area contributed by atoms with Crippen LogP contribution in [0.5, 0.6) is 0 Å². The summed E-state index contributed by atoms with van der Waals surface area (Å²) in [5.41, 5.74) is 4.15. The highest BCUT2D eigenvalue weighted by molar-refractivity contribution is 6.29. The summed E-state index contributed by atoms with van der Waals surface area (Å²) >= 11 is 6.18. The summed E-state index contributed by atoms with van der Waals surface area (Å²) < 4.78 is 1.72. The van der Waals surface area contributed by atoms with Gasteiger partial charge >= 0.3 is 0 Å². The highest BCUT2D eigenvalue weighted by Gasteiger charge is 2.26. The molecule has 0 radical (unpaired) electrons. The van der Waals surface area contributed by atoms with Crippen LogP contribution in [0.4, 0.5) is 0 Å². The molecule has 0 saturated heterocycles. The molecule has 1 aliphatic carbocycles. The van der Waals surface area contributed by atoms with Crippen molar-refractivity contribution in [2.75, 3.05) is 0 Å². The van der Waals surface area contributed by atoms with E-state index in [4.69, 9.17) is 11.6 Å². The van der Waals surface area contributed by atoms with E-state index in [-0.39, 0.29) is 0 Å². The van der Waals surface area contributed by atoms with Gasteiger partial charge in [0.25, 0.3) is 0 Å². The normalized spacial score (nSPS) is 16.2. The maximum absolute atomic E-state index is 6.18. The molecule has 0 unspecified atom stereocenters. The summed E-state index contributed by atoms with van der Waals surface area (Å²) in [6, 6.07) is 1.94. The number of aryl methyl sites for hydroxylation is 2. The quantitative estimate of drug-likeness (QED) is 0.694. The van der Waals surface area contributed by atoms with E-state index in [0.717, 1.165) is 22.6 Å². The van der Waals surface area contributed by atoms with Crippen molar-refractivity contribution in [1.29, 1.82) is 0 Å². The van der Waals surface area contributed by atoms with Crippen LogP contribution in [0.3, 0.4) is 0 Å². The molecule has 0 amide bonds. The Balaban J connectivity index is 2.32. The summed E-state index contributed by atoms with van der Waals surface area (Å²) in [7, 11) is 0. The molecule has 2 aromatic heterocycles. The van der Waals surface area contributed by atoms with Crippen LogP contribution in [0.1, 0.15) is 35.7 Å². The van der Waals surface area contributed by atoms with Crippen LogP contribution < -0.4 is 0 Å². The maximum Gasteiger partial charge on any atom is 0.160 e. The molecule has 0 atom stereocenters. The Labute approximate surface area is 93.1 Å². The van der Waals surface area contributed by atoms with Crippen molar-refractivity contribution in [3.05, 3.63) is 28.2 Å². The van der Waals surface area contributed by atoms with Gasteiger partial charge in [0.15, 0.2) is 5.65 Å². The molecule has 3 rings (SSSR count). The summed E-state index contributed by atoms with van der Waals surface area (Å²) in [6.45, 7) is 4.02. The molecule has 1 fully saturated rings. The third-order valence-corrected chi connectivity index (χ3v) is 3.30. The van der Waals surface area contributed by atoms with Crippen molar-refractivity contribution >= 4 is 17.2 Å². The van der Waals surface area contributed by atoms with Crippen LogP contribution in [-0.2, 0) is 0 Å². The first kappa shape index (κ1) is 9.16. The van der Waals surface area contributed by atoms with Crippen molar-refractivity contribution in [2.24, 2.45) is 0 Å². The van der Waals surface area contributed by atoms with E-state index in [1.807, 2.05) is 19.9 Å². The van der Waals surface area contributed by atoms with Gasteiger partial charge in [-0.3, -0.25) is 0 Å². The molecule has 0 aliphatic heterocycles. The lowest BCUT2D eigenvalue weighted by Gasteiger charge is -2.01. The van der Waals surface area contributed by atoms with Gasteiger partial charge in [-0.25, -0.2) is 9.50 Å². The van der Waals surface area contributed by atoms with Crippen LogP contribution in [0.15, 0.2) is 6.07 Å². The molecule has 0 spiro atoms. The maximum atomic E-state index is 6.18. The van der Waals surface area contributed by atoms with E-state index in [1.54, 1.807) is 4.52 Å². The van der Waals surface area contributed by atoms with Crippen LogP contribution >= 0.6 is 11.6 Å². The van der Waals surface area contributed by atoms with Crippen LogP contribution in [0.25, 0.3) is 5.65 Å². The highest BCUT2D eigenvalue weighted by Crippen LogP contribution is 2.40. The van der Waals surface area contributed by atoms with E-state index >= 15 is 0 Å². The van der Waals surface area contributed by atoms with E-state index < -0.39 is 0 Å². The summed E-state index contributed by atoms with van der Waals surface area (Å²) in [6.07, 6.45) is 2.48. The predicted octanol–water partition coefficient (Wildman–Crippen LogP) is 2.88.